The lowest BCUT2D eigenvalue weighted by Gasteiger charge is -2.31. The van der Waals surface area contributed by atoms with E-state index >= 15 is 0 Å². The number of hydrogen-bond donors (Lipinski definition) is 1. The number of phenols is 1. The number of phenolic OH excluding ortho intramolecular Hbond substituents is 1. The van der Waals surface area contributed by atoms with E-state index < -0.39 is 23.1 Å². The van der Waals surface area contributed by atoms with Crippen molar-refractivity contribution in [3.05, 3.63) is 70.5 Å². The third kappa shape index (κ3) is 4.44. The maximum absolute atomic E-state index is 13.1. The maximum Gasteiger partial charge on any atom is 0.334 e. The van der Waals surface area contributed by atoms with E-state index in [0.29, 0.717) is 22.5 Å². The van der Waals surface area contributed by atoms with E-state index in [1.807, 2.05) is 13.0 Å². The van der Waals surface area contributed by atoms with Crippen molar-refractivity contribution in [3.8, 4) is 5.75 Å². The van der Waals surface area contributed by atoms with Crippen LogP contribution in [-0.4, -0.2) is 28.2 Å². The molecule has 6 heteroatoms. The van der Waals surface area contributed by atoms with Crippen molar-refractivity contribution in [2.75, 3.05) is 0 Å². The summed E-state index contributed by atoms with van der Waals surface area (Å²) >= 11 is 0. The molecule has 0 saturated heterocycles. The van der Waals surface area contributed by atoms with Gasteiger partial charge in [-0.3, -0.25) is 9.59 Å². The number of ketones is 2. The third-order valence-corrected chi connectivity index (χ3v) is 5.71. The van der Waals surface area contributed by atoms with Crippen LogP contribution in [0, 0.1) is 6.92 Å². The zero-order valence-corrected chi connectivity index (χ0v) is 18.9. The fourth-order valence-electron chi connectivity index (χ4n) is 3.66. The lowest BCUT2D eigenvalue weighted by atomic mass is 9.80. The Bertz CT molecular complexity index is 1070. The number of aryl methyl sites for hydroxylation is 1. The Morgan fingerprint density at radius 2 is 1.97 bits per heavy atom. The normalized spacial score (nSPS) is 20.6. The van der Waals surface area contributed by atoms with Crippen LogP contribution < -0.4 is 0 Å². The predicted octanol–water partition coefficient (Wildman–Crippen LogP) is 4.86. The van der Waals surface area contributed by atoms with Crippen LogP contribution in [0.3, 0.4) is 0 Å². The molecule has 0 radical (unpaired) electrons. The second kappa shape index (κ2) is 9.39. The number of hydrogen-bond acceptors (Lipinski definition) is 6. The van der Waals surface area contributed by atoms with Gasteiger partial charge in [0.25, 0.3) is 0 Å². The molecule has 1 heterocycles. The van der Waals surface area contributed by atoms with Crippen LogP contribution in [0.5, 0.6) is 5.75 Å². The van der Waals surface area contributed by atoms with Crippen LogP contribution >= 0.6 is 0 Å². The number of Topliss-reactive ketones (excluding diaryl/α,β-unsaturated/α-hetero) is 1. The van der Waals surface area contributed by atoms with Gasteiger partial charge in [-0.1, -0.05) is 38.0 Å². The van der Waals surface area contributed by atoms with Crippen LogP contribution in [0.15, 0.2) is 59.4 Å². The Morgan fingerprint density at radius 1 is 1.22 bits per heavy atom. The molecular weight excluding hydrogens is 408 g/mol. The molecule has 0 amide bonds. The third-order valence-electron chi connectivity index (χ3n) is 5.71. The average molecular weight is 437 g/mol. The van der Waals surface area contributed by atoms with Crippen LogP contribution in [0.1, 0.15) is 57.6 Å². The monoisotopic (exact) mass is 436 g/mol. The molecule has 0 aromatic heterocycles. The first-order valence-corrected chi connectivity index (χ1v) is 10.8. The summed E-state index contributed by atoms with van der Waals surface area (Å²) in [4.78, 5) is 38.6. The van der Waals surface area contributed by atoms with E-state index in [0.717, 1.165) is 31.2 Å². The second-order valence-corrected chi connectivity index (χ2v) is 8.23. The largest absolute Gasteiger partial charge is 0.507 e. The fraction of sp³-hybridized carbons (Fsp3) is 0.346. The molecule has 0 bridgehead atoms. The van der Waals surface area contributed by atoms with E-state index in [-0.39, 0.29) is 11.3 Å². The van der Waals surface area contributed by atoms with Gasteiger partial charge in [-0.05, 0) is 63.0 Å². The lowest BCUT2D eigenvalue weighted by molar-refractivity contribution is -0.165. The van der Waals surface area contributed by atoms with Crippen molar-refractivity contribution in [1.82, 2.24) is 0 Å². The molecular formula is C26H28O6. The first-order chi connectivity index (χ1) is 15.2. The van der Waals surface area contributed by atoms with Gasteiger partial charge in [0.05, 0.1) is 11.1 Å². The molecule has 0 spiro atoms. The van der Waals surface area contributed by atoms with Gasteiger partial charge in [0.15, 0.2) is 0 Å². The molecule has 0 unspecified atom stereocenters. The molecule has 1 aromatic rings. The minimum atomic E-state index is -1.95. The summed E-state index contributed by atoms with van der Waals surface area (Å²) in [6.45, 7) is 6.84. The zero-order chi connectivity index (χ0) is 23.5. The molecule has 0 fully saturated rings. The van der Waals surface area contributed by atoms with Gasteiger partial charge in [-0.2, -0.15) is 0 Å². The van der Waals surface area contributed by atoms with Gasteiger partial charge in [-0.15, -0.1) is 0 Å². The van der Waals surface area contributed by atoms with E-state index in [4.69, 9.17) is 9.47 Å². The Kier molecular flexibility index (Phi) is 6.82. The van der Waals surface area contributed by atoms with Crippen molar-refractivity contribution in [3.63, 3.8) is 0 Å². The van der Waals surface area contributed by atoms with Crippen LogP contribution in [0.2, 0.25) is 0 Å². The Hall–Kier alpha value is -3.41. The number of allylic oxidation sites excluding steroid dienone is 3. The van der Waals surface area contributed by atoms with Gasteiger partial charge >= 0.3 is 5.97 Å². The van der Waals surface area contributed by atoms with Gasteiger partial charge in [-0.25, -0.2) is 4.79 Å². The molecule has 3 rings (SSSR count). The van der Waals surface area contributed by atoms with Crippen molar-refractivity contribution in [2.24, 2.45) is 0 Å². The van der Waals surface area contributed by atoms with Crippen molar-refractivity contribution in [2.45, 2.75) is 59.0 Å². The minimum Gasteiger partial charge on any atom is -0.507 e. The molecule has 2 aliphatic rings. The molecule has 1 aromatic carbocycles. The van der Waals surface area contributed by atoms with E-state index in [1.165, 1.54) is 31.4 Å². The molecule has 6 nitrogen and oxygen atoms in total. The highest BCUT2D eigenvalue weighted by Gasteiger charge is 2.49. The summed E-state index contributed by atoms with van der Waals surface area (Å²) in [5, 5.41) is 10.2. The molecule has 168 valence electrons. The molecule has 32 heavy (non-hydrogen) atoms. The molecule has 1 aliphatic carbocycles. The summed E-state index contributed by atoms with van der Waals surface area (Å²) < 4.78 is 11.0. The Morgan fingerprint density at radius 3 is 2.66 bits per heavy atom. The summed E-state index contributed by atoms with van der Waals surface area (Å²) in [5.74, 6) is -1.60. The summed E-state index contributed by atoms with van der Waals surface area (Å²) in [6.07, 6.45) is 9.64. The van der Waals surface area contributed by atoms with Crippen molar-refractivity contribution in [1.29, 1.82) is 0 Å². The van der Waals surface area contributed by atoms with E-state index in [1.54, 1.807) is 19.1 Å². The highest BCUT2D eigenvalue weighted by Crippen LogP contribution is 2.38. The maximum atomic E-state index is 13.1. The smallest absolute Gasteiger partial charge is 0.334 e. The number of aromatic hydroxyl groups is 1. The summed E-state index contributed by atoms with van der Waals surface area (Å²) in [5.41, 5.74) is 0.161. The SMILES string of the molecule is CCCCCC=C(C)C(=O)O[C@@]1(C)C(=O)C=C2C=C(c3c(C)cccc3O)OC=C2C1=O. The van der Waals surface area contributed by atoms with E-state index in [9.17, 15) is 19.5 Å². The summed E-state index contributed by atoms with van der Waals surface area (Å²) in [7, 11) is 0. The Balaban J connectivity index is 1.85. The Labute approximate surface area is 187 Å². The number of carbonyl (C=O) groups is 3. The van der Waals surface area contributed by atoms with Crippen molar-refractivity contribution >= 4 is 23.3 Å². The van der Waals surface area contributed by atoms with Gasteiger partial charge in [0.1, 0.15) is 17.8 Å². The highest BCUT2D eigenvalue weighted by molar-refractivity contribution is 6.27. The van der Waals surface area contributed by atoms with Gasteiger partial charge < -0.3 is 14.6 Å². The zero-order valence-electron chi connectivity index (χ0n) is 18.9. The summed E-state index contributed by atoms with van der Waals surface area (Å²) in [6, 6.07) is 5.07. The minimum absolute atomic E-state index is 0.0297. The number of benzene rings is 1. The number of esters is 1. The molecule has 0 saturated carbocycles. The highest BCUT2D eigenvalue weighted by atomic mass is 16.6. The standard InChI is InChI=1S/C26H28O6/c1-5-6-7-8-10-17(3)25(30)32-26(4)22(28)14-18-13-21(31-15-19(18)24(26)29)23-16(2)11-9-12-20(23)27/h9-15,27H,5-8H2,1-4H3/t26-/m0/s1. The first-order valence-electron chi connectivity index (χ1n) is 10.8. The molecule has 1 aliphatic heterocycles. The van der Waals surface area contributed by atoms with Gasteiger partial charge in [0.2, 0.25) is 17.2 Å². The van der Waals surface area contributed by atoms with Crippen molar-refractivity contribution < 1.29 is 29.0 Å². The quantitative estimate of drug-likeness (QED) is 0.284. The van der Waals surface area contributed by atoms with Gasteiger partial charge in [0, 0.05) is 5.57 Å². The topological polar surface area (TPSA) is 89.9 Å². The number of rotatable bonds is 7. The number of carbonyl (C=O) groups excluding carboxylic acids is 3. The number of unbranched alkanes of at least 4 members (excludes halogenated alkanes) is 3. The lowest BCUT2D eigenvalue weighted by Crippen LogP contribution is -2.50. The second-order valence-electron chi connectivity index (χ2n) is 8.23. The average Bonchev–Trinajstić information content (AvgIpc) is 2.75. The van der Waals surface area contributed by atoms with Crippen LogP contribution in [0.25, 0.3) is 5.76 Å². The van der Waals surface area contributed by atoms with E-state index in [2.05, 4.69) is 6.92 Å². The number of fused-ring (bicyclic) bond motifs is 1. The predicted molar refractivity (Wildman–Crippen MR) is 120 cm³/mol. The number of ether oxygens (including phenoxy) is 2. The van der Waals surface area contributed by atoms with Crippen LogP contribution in [-0.2, 0) is 23.9 Å². The molecule has 1 N–H and O–H groups in total. The fourth-order valence-corrected chi connectivity index (χ4v) is 3.66. The van der Waals surface area contributed by atoms with Crippen LogP contribution in [0.4, 0.5) is 0 Å². The molecule has 1 atom stereocenters. The first kappa shape index (κ1) is 23.3.